The minimum Gasteiger partial charge on any atom is -0.310 e. The Morgan fingerprint density at radius 1 is 0.281 bits per heavy atom. The highest BCUT2D eigenvalue weighted by molar-refractivity contribution is 6.16. The second kappa shape index (κ2) is 15.8. The van der Waals surface area contributed by atoms with Gasteiger partial charge in [0.1, 0.15) is 0 Å². The molecule has 1 heterocycles. The summed E-state index contributed by atoms with van der Waals surface area (Å²) >= 11 is 0. The van der Waals surface area contributed by atoms with E-state index in [1.807, 2.05) is 0 Å². The van der Waals surface area contributed by atoms with Crippen molar-refractivity contribution in [1.29, 1.82) is 0 Å². The maximum atomic E-state index is 2.40. The number of para-hydroxylation sites is 3. The second-order valence-electron chi connectivity index (χ2n) is 16.5. The van der Waals surface area contributed by atoms with E-state index >= 15 is 0 Å². The van der Waals surface area contributed by atoms with E-state index in [4.69, 9.17) is 0 Å². The van der Waals surface area contributed by atoms with E-state index in [2.05, 4.69) is 264 Å². The fourth-order valence-electron chi connectivity index (χ4n) is 9.74. The first-order valence-corrected chi connectivity index (χ1v) is 22.0. The average Bonchev–Trinajstić information content (AvgIpc) is 3.72. The molecule has 0 unspecified atom stereocenters. The summed E-state index contributed by atoms with van der Waals surface area (Å²) < 4.78 is 2.39. The van der Waals surface area contributed by atoms with Crippen molar-refractivity contribution >= 4 is 60.4 Å². The van der Waals surface area contributed by atoms with Gasteiger partial charge in [-0.25, -0.2) is 0 Å². The molecule has 12 rings (SSSR count). The lowest BCUT2D eigenvalue weighted by Crippen LogP contribution is -2.11. The maximum absolute atomic E-state index is 2.40. The molecule has 0 atom stereocenters. The molecule has 11 aromatic carbocycles. The van der Waals surface area contributed by atoms with Crippen molar-refractivity contribution in [3.05, 3.63) is 255 Å². The van der Waals surface area contributed by atoms with E-state index in [0.29, 0.717) is 0 Å². The summed E-state index contributed by atoms with van der Waals surface area (Å²) in [7, 11) is 0. The van der Waals surface area contributed by atoms with Crippen LogP contribution in [0.4, 0.5) is 17.1 Å². The fraction of sp³-hybridized carbons (Fsp3) is 0. The molecule has 12 aromatic rings. The molecule has 2 nitrogen and oxygen atoms in total. The molecule has 64 heavy (non-hydrogen) atoms. The number of fused-ring (bicyclic) bond motifs is 6. The molecule has 0 fully saturated rings. The van der Waals surface area contributed by atoms with Crippen LogP contribution in [0.15, 0.2) is 255 Å². The summed E-state index contributed by atoms with van der Waals surface area (Å²) in [5.41, 5.74) is 16.3. The average molecular weight is 815 g/mol. The van der Waals surface area contributed by atoms with Gasteiger partial charge in [0.25, 0.3) is 0 Å². The predicted molar refractivity (Wildman–Crippen MR) is 272 cm³/mol. The Balaban J connectivity index is 0.974. The zero-order chi connectivity index (χ0) is 42.4. The Labute approximate surface area is 373 Å². The Kier molecular flexibility index (Phi) is 9.20. The second-order valence-corrected chi connectivity index (χ2v) is 16.5. The molecule has 2 heteroatoms. The van der Waals surface area contributed by atoms with E-state index in [1.165, 1.54) is 76.7 Å². The molecule has 0 aliphatic heterocycles. The molecular weight excluding hydrogens is 773 g/mol. The zero-order valence-electron chi connectivity index (χ0n) is 35.1. The van der Waals surface area contributed by atoms with Crippen LogP contribution in [0, 0.1) is 0 Å². The van der Waals surface area contributed by atoms with Crippen molar-refractivity contribution in [3.63, 3.8) is 0 Å². The summed E-state index contributed by atoms with van der Waals surface area (Å²) in [6.07, 6.45) is 0. The molecule has 0 bridgehead atoms. The third kappa shape index (κ3) is 6.52. The Morgan fingerprint density at radius 3 is 1.58 bits per heavy atom. The van der Waals surface area contributed by atoms with Crippen LogP contribution in [0.2, 0.25) is 0 Å². The molecular formula is C62H42N2. The van der Waals surface area contributed by atoms with Gasteiger partial charge in [-0.2, -0.15) is 0 Å². The van der Waals surface area contributed by atoms with Crippen molar-refractivity contribution in [2.24, 2.45) is 0 Å². The third-order valence-electron chi connectivity index (χ3n) is 12.8. The van der Waals surface area contributed by atoms with Crippen LogP contribution in [0.1, 0.15) is 0 Å². The van der Waals surface area contributed by atoms with E-state index < -0.39 is 0 Å². The maximum Gasteiger partial charge on any atom is 0.0547 e. The Bertz CT molecular complexity index is 3640. The molecule has 0 saturated heterocycles. The van der Waals surface area contributed by atoms with Crippen molar-refractivity contribution in [2.75, 3.05) is 4.90 Å². The minimum atomic E-state index is 1.09. The first-order valence-electron chi connectivity index (χ1n) is 22.0. The van der Waals surface area contributed by atoms with Crippen LogP contribution < -0.4 is 4.90 Å². The minimum absolute atomic E-state index is 1.09. The molecule has 0 aliphatic carbocycles. The van der Waals surface area contributed by atoms with Gasteiger partial charge in [-0.3, -0.25) is 0 Å². The summed E-state index contributed by atoms with van der Waals surface area (Å²) in [6, 6.07) is 92.6. The quantitative estimate of drug-likeness (QED) is 0.139. The highest BCUT2D eigenvalue weighted by atomic mass is 15.1. The number of aromatic nitrogens is 1. The predicted octanol–water partition coefficient (Wildman–Crippen LogP) is 17.2. The SMILES string of the molecule is c1ccc(-c2ccc(N(c3ccc(-c4ccc5c(ccc6ccccc65)c4)cc3)c3ccccc3-c3cccc(-c4cccc5c4c4ccccc4n5-c4ccccc4)c3)cc2)cc1. The smallest absolute Gasteiger partial charge is 0.0547 e. The topological polar surface area (TPSA) is 8.17 Å². The summed E-state index contributed by atoms with van der Waals surface area (Å²) in [4.78, 5) is 2.40. The normalized spacial score (nSPS) is 11.4. The monoisotopic (exact) mass is 814 g/mol. The summed E-state index contributed by atoms with van der Waals surface area (Å²) in [6.45, 7) is 0. The molecule has 1 aromatic heterocycles. The first-order chi connectivity index (χ1) is 31.7. The van der Waals surface area contributed by atoms with Gasteiger partial charge in [-0.1, -0.05) is 188 Å². The van der Waals surface area contributed by atoms with E-state index in [-0.39, 0.29) is 0 Å². The van der Waals surface area contributed by atoms with E-state index in [9.17, 15) is 0 Å². The van der Waals surface area contributed by atoms with Gasteiger partial charge in [0, 0.05) is 33.4 Å². The lowest BCUT2D eigenvalue weighted by atomic mass is 9.94. The Morgan fingerprint density at radius 2 is 0.797 bits per heavy atom. The summed E-state index contributed by atoms with van der Waals surface area (Å²) in [5.74, 6) is 0. The molecule has 0 radical (unpaired) electrons. The van der Waals surface area contributed by atoms with Crippen LogP contribution in [0.25, 0.3) is 93.5 Å². The molecule has 300 valence electrons. The lowest BCUT2D eigenvalue weighted by Gasteiger charge is -2.28. The fourth-order valence-corrected chi connectivity index (χ4v) is 9.74. The van der Waals surface area contributed by atoms with Crippen molar-refractivity contribution in [2.45, 2.75) is 0 Å². The zero-order valence-corrected chi connectivity index (χ0v) is 35.1. The summed E-state index contributed by atoms with van der Waals surface area (Å²) in [5, 5.41) is 7.57. The number of rotatable bonds is 8. The number of nitrogens with zero attached hydrogens (tertiary/aromatic N) is 2. The van der Waals surface area contributed by atoms with E-state index in [0.717, 1.165) is 33.9 Å². The van der Waals surface area contributed by atoms with Crippen LogP contribution in [0.5, 0.6) is 0 Å². The van der Waals surface area contributed by atoms with Crippen LogP contribution in [-0.4, -0.2) is 4.57 Å². The van der Waals surface area contributed by atoms with Crippen LogP contribution in [0.3, 0.4) is 0 Å². The highest BCUT2D eigenvalue weighted by Crippen LogP contribution is 2.44. The van der Waals surface area contributed by atoms with Crippen molar-refractivity contribution < 1.29 is 0 Å². The van der Waals surface area contributed by atoms with Gasteiger partial charge in [0.2, 0.25) is 0 Å². The third-order valence-corrected chi connectivity index (χ3v) is 12.8. The van der Waals surface area contributed by atoms with Gasteiger partial charge in [-0.05, 0) is 127 Å². The van der Waals surface area contributed by atoms with Gasteiger partial charge in [-0.15, -0.1) is 0 Å². The highest BCUT2D eigenvalue weighted by Gasteiger charge is 2.20. The number of hydrogen-bond donors (Lipinski definition) is 0. The van der Waals surface area contributed by atoms with Crippen molar-refractivity contribution in [3.8, 4) is 50.2 Å². The molecule has 0 amide bonds. The first kappa shape index (κ1) is 37.3. The molecule has 0 N–H and O–H groups in total. The van der Waals surface area contributed by atoms with Gasteiger partial charge in [0.05, 0.1) is 16.7 Å². The largest absolute Gasteiger partial charge is 0.310 e. The lowest BCUT2D eigenvalue weighted by molar-refractivity contribution is 1.18. The Hall–Kier alpha value is -8.46. The number of benzene rings is 11. The van der Waals surface area contributed by atoms with Gasteiger partial charge in [0.15, 0.2) is 0 Å². The van der Waals surface area contributed by atoms with Crippen LogP contribution in [-0.2, 0) is 0 Å². The number of hydrogen-bond acceptors (Lipinski definition) is 1. The standard InChI is InChI=1S/C62H42N2/c1-3-15-43(16-4-1)44-31-36-52(37-32-44)63(53-38-33-45(34-39-53)47-35-40-55-50(41-47)30-29-46-17-7-8-22-54(46)55)59-26-11-9-23-56(59)48-18-13-19-49(42-48)57-25-14-28-61-62(57)58-24-10-12-27-60(58)64(61)51-20-5-2-6-21-51/h1-42H. The molecule has 0 aliphatic rings. The molecule has 0 saturated carbocycles. The molecule has 0 spiro atoms. The number of anilines is 3. The van der Waals surface area contributed by atoms with E-state index in [1.54, 1.807) is 0 Å². The van der Waals surface area contributed by atoms with Gasteiger partial charge < -0.3 is 9.47 Å². The van der Waals surface area contributed by atoms with Gasteiger partial charge >= 0.3 is 0 Å². The van der Waals surface area contributed by atoms with Crippen LogP contribution >= 0.6 is 0 Å². The van der Waals surface area contributed by atoms with Crippen molar-refractivity contribution in [1.82, 2.24) is 4.57 Å².